The van der Waals surface area contributed by atoms with Gasteiger partial charge in [0.25, 0.3) is 0 Å². The Morgan fingerprint density at radius 2 is 2.00 bits per heavy atom. The summed E-state index contributed by atoms with van der Waals surface area (Å²) in [5.74, 6) is 0. The molecule has 0 rings (SSSR count). The van der Waals surface area contributed by atoms with Crippen LogP contribution in [0.5, 0.6) is 0 Å². The summed E-state index contributed by atoms with van der Waals surface area (Å²) in [6.07, 6.45) is 0.941. The summed E-state index contributed by atoms with van der Waals surface area (Å²) in [6.45, 7) is 10.4. The fraction of sp³-hybridized carbons (Fsp3) is 0.833. The molecule has 0 aliphatic heterocycles. The normalized spacial score (nSPS) is 16.0. The number of hydrogen-bond acceptors (Lipinski definition) is 1. The van der Waals surface area contributed by atoms with E-state index in [-0.39, 0.29) is 0 Å². The first kappa shape index (κ1) is 9.39. The maximum absolute atomic E-state index is 5.72. The van der Waals surface area contributed by atoms with E-state index < -0.39 is 8.32 Å². The van der Waals surface area contributed by atoms with E-state index in [0.29, 0.717) is 5.73 Å². The first-order valence-corrected chi connectivity index (χ1v) is 7.99. The van der Waals surface area contributed by atoms with Crippen LogP contribution in [0.25, 0.3) is 0 Å². The Morgan fingerprint density at radius 3 is 2.11 bits per heavy atom. The molecule has 0 aromatic rings. The predicted octanol–water partition coefficient (Wildman–Crippen LogP) is 0.754. The molecule has 0 spiro atoms. The zero-order valence-corrected chi connectivity index (χ0v) is 9.90. The minimum atomic E-state index is -1.25. The average Bonchev–Trinajstić information content (AvgIpc) is 1.62. The van der Waals surface area contributed by atoms with Crippen molar-refractivity contribution in [3.05, 3.63) is 6.92 Å². The Morgan fingerprint density at radius 1 is 1.56 bits per heavy atom. The number of hydrogen-bond donors (Lipinski definition) is 0. The van der Waals surface area contributed by atoms with Crippen LogP contribution in [0.4, 0.5) is 0 Å². The van der Waals surface area contributed by atoms with Gasteiger partial charge < -0.3 is 4.43 Å². The van der Waals surface area contributed by atoms with Crippen LogP contribution in [0.3, 0.4) is 0 Å². The summed E-state index contributed by atoms with van der Waals surface area (Å²) in [7, 11) is -0.126. The van der Waals surface area contributed by atoms with Crippen LogP contribution < -0.4 is 0 Å². The van der Waals surface area contributed by atoms with Crippen molar-refractivity contribution < 1.29 is 4.43 Å². The maximum atomic E-state index is 5.72. The van der Waals surface area contributed by atoms with Crippen molar-refractivity contribution in [2.75, 3.05) is 0 Å². The van der Waals surface area contributed by atoms with Crippen molar-refractivity contribution in [3.63, 3.8) is 0 Å². The van der Waals surface area contributed by atoms with Gasteiger partial charge in [0.1, 0.15) is 0 Å². The van der Waals surface area contributed by atoms with Gasteiger partial charge >= 0.3 is 0 Å². The van der Waals surface area contributed by atoms with Crippen molar-refractivity contribution in [1.82, 2.24) is 0 Å². The molecule has 0 saturated heterocycles. The highest BCUT2D eigenvalue weighted by Gasteiger charge is 2.16. The third-order valence-corrected chi connectivity index (χ3v) is 3.36. The average molecular weight is 161 g/mol. The van der Waals surface area contributed by atoms with Gasteiger partial charge in [-0.3, -0.25) is 0 Å². The Hall–Kier alpha value is 0.394. The van der Waals surface area contributed by atoms with Crippen LogP contribution in [-0.4, -0.2) is 24.3 Å². The molecule has 0 amide bonds. The molecule has 1 radical (unpaired) electrons. The molecule has 3 heteroatoms. The molecule has 1 nitrogen and oxygen atoms in total. The molecular formula is C6H17OSi2. The highest BCUT2D eigenvalue weighted by Crippen LogP contribution is 2.06. The van der Waals surface area contributed by atoms with E-state index in [9.17, 15) is 0 Å². The van der Waals surface area contributed by atoms with Gasteiger partial charge in [0.15, 0.2) is 8.32 Å². The van der Waals surface area contributed by atoms with Crippen LogP contribution in [-0.2, 0) is 4.43 Å². The first-order chi connectivity index (χ1) is 3.95. The van der Waals surface area contributed by atoms with Crippen molar-refractivity contribution in [2.24, 2.45) is 0 Å². The largest absolute Gasteiger partial charge is 0.419 e. The SMILES string of the molecule is [CH2]CC([SiH3])O[Si](C)(C)C. The smallest absolute Gasteiger partial charge is 0.183 e. The van der Waals surface area contributed by atoms with Gasteiger partial charge in [-0.25, -0.2) is 0 Å². The summed E-state index contributed by atoms with van der Waals surface area (Å²) < 4.78 is 5.72. The lowest BCUT2D eigenvalue weighted by atomic mass is 10.5. The minimum Gasteiger partial charge on any atom is -0.419 e. The van der Waals surface area contributed by atoms with Crippen molar-refractivity contribution in [2.45, 2.75) is 31.8 Å². The summed E-state index contributed by atoms with van der Waals surface area (Å²) in [5.41, 5.74) is 0.483. The second-order valence-corrected chi connectivity index (χ2v) is 9.08. The summed E-state index contributed by atoms with van der Waals surface area (Å²) >= 11 is 0. The van der Waals surface area contributed by atoms with E-state index in [0.717, 1.165) is 16.7 Å². The molecule has 1 atom stereocenters. The lowest BCUT2D eigenvalue weighted by Crippen LogP contribution is -2.31. The third kappa shape index (κ3) is 6.28. The highest BCUT2D eigenvalue weighted by molar-refractivity contribution is 6.70. The van der Waals surface area contributed by atoms with Crippen LogP contribution in [0.1, 0.15) is 6.42 Å². The molecule has 0 aromatic heterocycles. The van der Waals surface area contributed by atoms with E-state index in [1.807, 2.05) is 0 Å². The van der Waals surface area contributed by atoms with E-state index in [2.05, 4.69) is 26.6 Å². The molecule has 0 fully saturated rings. The van der Waals surface area contributed by atoms with E-state index >= 15 is 0 Å². The first-order valence-electron chi connectivity index (χ1n) is 3.43. The fourth-order valence-electron chi connectivity index (χ4n) is 0.662. The molecule has 0 aliphatic carbocycles. The molecule has 0 heterocycles. The Bertz CT molecular complexity index is 77.6. The quantitative estimate of drug-likeness (QED) is 0.555. The van der Waals surface area contributed by atoms with Gasteiger partial charge in [-0.1, -0.05) is 6.92 Å². The van der Waals surface area contributed by atoms with Gasteiger partial charge in [0, 0.05) is 16.0 Å². The van der Waals surface area contributed by atoms with Gasteiger partial charge in [-0.2, -0.15) is 0 Å². The zero-order valence-electron chi connectivity index (χ0n) is 6.90. The second-order valence-electron chi connectivity index (χ2n) is 3.33. The lowest BCUT2D eigenvalue weighted by molar-refractivity contribution is 0.276. The summed E-state index contributed by atoms with van der Waals surface area (Å²) in [6, 6.07) is 0. The van der Waals surface area contributed by atoms with Crippen molar-refractivity contribution in [3.8, 4) is 0 Å². The fourth-order valence-corrected chi connectivity index (χ4v) is 4.11. The Labute approximate surface area is 62.4 Å². The van der Waals surface area contributed by atoms with Crippen molar-refractivity contribution >= 4 is 18.6 Å². The van der Waals surface area contributed by atoms with Crippen LogP contribution in [0, 0.1) is 6.92 Å². The second kappa shape index (κ2) is 3.53. The van der Waals surface area contributed by atoms with E-state index in [1.165, 1.54) is 0 Å². The molecule has 0 N–H and O–H groups in total. The molecule has 55 valence electrons. The minimum absolute atomic E-state index is 0.483. The van der Waals surface area contributed by atoms with Gasteiger partial charge in [-0.15, -0.1) is 0 Å². The number of rotatable bonds is 3. The Kier molecular flexibility index (Phi) is 3.69. The lowest BCUT2D eigenvalue weighted by Gasteiger charge is -2.22. The molecule has 0 aromatic carbocycles. The molecule has 0 bridgehead atoms. The molecule has 0 saturated carbocycles. The maximum Gasteiger partial charge on any atom is 0.183 e. The zero-order chi connectivity index (χ0) is 7.49. The topological polar surface area (TPSA) is 9.23 Å². The highest BCUT2D eigenvalue weighted by atomic mass is 28.4. The molecular weight excluding hydrogens is 144 g/mol. The van der Waals surface area contributed by atoms with E-state index in [4.69, 9.17) is 4.43 Å². The van der Waals surface area contributed by atoms with Gasteiger partial charge in [0.2, 0.25) is 0 Å². The summed E-state index contributed by atoms with van der Waals surface area (Å²) in [4.78, 5) is 0. The van der Waals surface area contributed by atoms with E-state index in [1.54, 1.807) is 0 Å². The van der Waals surface area contributed by atoms with Gasteiger partial charge in [0.05, 0.1) is 0 Å². The Balaban J connectivity index is 3.47. The monoisotopic (exact) mass is 161 g/mol. The molecule has 9 heavy (non-hydrogen) atoms. The van der Waals surface area contributed by atoms with Crippen LogP contribution in [0.15, 0.2) is 0 Å². The van der Waals surface area contributed by atoms with Crippen LogP contribution in [0.2, 0.25) is 19.6 Å². The van der Waals surface area contributed by atoms with Crippen molar-refractivity contribution in [1.29, 1.82) is 0 Å². The predicted molar refractivity (Wildman–Crippen MR) is 48.1 cm³/mol. The standard InChI is InChI=1S/C6H17OSi2/c1-5-6(8)7-9(2,3)4/h6H,1,5H2,2-4,8H3. The van der Waals surface area contributed by atoms with Gasteiger partial charge in [-0.05, 0) is 26.1 Å². The molecule has 0 aliphatic rings. The summed E-state index contributed by atoms with van der Waals surface area (Å²) in [5, 5.41) is 0. The van der Waals surface area contributed by atoms with Crippen LogP contribution >= 0.6 is 0 Å². The molecule has 1 unspecified atom stereocenters. The third-order valence-electron chi connectivity index (χ3n) is 0.961.